The van der Waals surface area contributed by atoms with Crippen LogP contribution in [0.4, 0.5) is 4.79 Å². The van der Waals surface area contributed by atoms with E-state index in [0.29, 0.717) is 19.4 Å². The van der Waals surface area contributed by atoms with E-state index in [-0.39, 0.29) is 38.5 Å². The van der Waals surface area contributed by atoms with Gasteiger partial charge < -0.3 is 14.8 Å². The fraction of sp³-hybridized carbons (Fsp3) is 0.407. The van der Waals surface area contributed by atoms with E-state index in [4.69, 9.17) is 14.3 Å². The molecule has 3 heterocycles. The quantitative estimate of drug-likeness (QED) is 0.365. The van der Waals surface area contributed by atoms with Gasteiger partial charge in [0.25, 0.3) is 0 Å². The second kappa shape index (κ2) is 12.2. The Balaban J connectivity index is 1.24. The Morgan fingerprint density at radius 1 is 0.949 bits per heavy atom. The van der Waals surface area contributed by atoms with Gasteiger partial charge in [-0.05, 0) is 24.0 Å². The van der Waals surface area contributed by atoms with Crippen LogP contribution in [0.3, 0.4) is 0 Å². The summed E-state index contributed by atoms with van der Waals surface area (Å²) in [6.45, 7) is 0.798. The van der Waals surface area contributed by atoms with Crippen molar-refractivity contribution in [1.82, 2.24) is 25.9 Å². The van der Waals surface area contributed by atoms with Crippen LogP contribution in [0.2, 0.25) is 0 Å². The van der Waals surface area contributed by atoms with E-state index >= 15 is 0 Å². The zero-order valence-electron chi connectivity index (χ0n) is 21.4. The number of ether oxygens (including phenoxy) is 2. The molecule has 1 unspecified atom stereocenters. The van der Waals surface area contributed by atoms with Crippen molar-refractivity contribution in [3.05, 3.63) is 71.8 Å². The fourth-order valence-corrected chi connectivity index (χ4v) is 4.80. The van der Waals surface area contributed by atoms with Gasteiger partial charge in [-0.2, -0.15) is 0 Å². The lowest BCUT2D eigenvalue weighted by molar-refractivity contribution is -0.169. The Bertz CT molecular complexity index is 1180. The van der Waals surface area contributed by atoms with Gasteiger partial charge in [0.1, 0.15) is 12.1 Å². The summed E-state index contributed by atoms with van der Waals surface area (Å²) in [6.07, 6.45) is -0.0717. The Labute approximate surface area is 225 Å². The number of amides is 4. The summed E-state index contributed by atoms with van der Waals surface area (Å²) in [5, 5.41) is 6.53. The third-order valence-electron chi connectivity index (χ3n) is 6.77. The number of hydrogen-bond donors (Lipinski definition) is 2. The lowest BCUT2D eigenvalue weighted by Gasteiger charge is -2.43. The molecule has 4 amide bonds. The molecule has 0 spiro atoms. The van der Waals surface area contributed by atoms with Crippen molar-refractivity contribution < 1.29 is 33.5 Å². The number of hydrazine groups is 2. The molecular formula is C27H31N5O7. The molecule has 2 aromatic rings. The average Bonchev–Trinajstić information content (AvgIpc) is 3.26. The molecule has 0 aliphatic carbocycles. The molecule has 0 radical (unpaired) electrons. The van der Waals surface area contributed by atoms with E-state index in [9.17, 15) is 19.2 Å². The zero-order valence-corrected chi connectivity index (χ0v) is 21.4. The van der Waals surface area contributed by atoms with Crippen LogP contribution < -0.4 is 10.9 Å². The van der Waals surface area contributed by atoms with Crippen LogP contribution in [-0.2, 0) is 41.9 Å². The van der Waals surface area contributed by atoms with Crippen LogP contribution in [-0.4, -0.2) is 70.3 Å². The van der Waals surface area contributed by atoms with Gasteiger partial charge in [-0.25, -0.2) is 19.8 Å². The predicted molar refractivity (Wildman–Crippen MR) is 135 cm³/mol. The van der Waals surface area contributed by atoms with Crippen LogP contribution in [0.5, 0.6) is 0 Å². The molecule has 2 aromatic carbocycles. The SMILES string of the molecule is O=C1C[C@H](NC(=O)[C@@H]2CCCN3C(=O)CCN(NOCc4ccccc4)C(=O)N23)C(OCc2ccccc2)O1. The molecule has 3 fully saturated rings. The lowest BCUT2D eigenvalue weighted by Crippen LogP contribution is -2.64. The van der Waals surface area contributed by atoms with E-state index < -0.39 is 36.3 Å². The standard InChI is InChI=1S/C27H31N5O7/c33-23-13-15-30(29-38-18-20-10-5-2-6-11-20)27(36)32-22(12-7-14-31(23)32)25(35)28-21-16-24(34)39-26(21)37-17-19-8-3-1-4-9-19/h1-6,8-11,21-22,26,29H,7,12-18H2,(H,28,35)/t21-,22-,26?/m0/s1. The second-order valence-electron chi connectivity index (χ2n) is 9.54. The Hall–Kier alpha value is -4.00. The molecule has 12 heteroatoms. The summed E-state index contributed by atoms with van der Waals surface area (Å²) in [6, 6.07) is 16.5. The second-order valence-corrected chi connectivity index (χ2v) is 9.54. The highest BCUT2D eigenvalue weighted by atomic mass is 16.7. The Kier molecular flexibility index (Phi) is 8.35. The monoisotopic (exact) mass is 537 g/mol. The molecule has 3 atom stereocenters. The van der Waals surface area contributed by atoms with Gasteiger partial charge in [-0.3, -0.25) is 19.2 Å². The summed E-state index contributed by atoms with van der Waals surface area (Å²) in [5.41, 5.74) is 4.43. The maximum atomic E-state index is 13.5. The first kappa shape index (κ1) is 26.6. The highest BCUT2D eigenvalue weighted by Crippen LogP contribution is 2.25. The van der Waals surface area contributed by atoms with Crippen molar-refractivity contribution in [3.63, 3.8) is 0 Å². The van der Waals surface area contributed by atoms with E-state index in [1.165, 1.54) is 15.0 Å². The van der Waals surface area contributed by atoms with Crippen molar-refractivity contribution in [1.29, 1.82) is 0 Å². The van der Waals surface area contributed by atoms with Crippen LogP contribution >= 0.6 is 0 Å². The summed E-state index contributed by atoms with van der Waals surface area (Å²) >= 11 is 0. The smallest absolute Gasteiger partial charge is 0.355 e. The fourth-order valence-electron chi connectivity index (χ4n) is 4.80. The van der Waals surface area contributed by atoms with Gasteiger partial charge in [0, 0.05) is 13.0 Å². The molecule has 0 saturated carbocycles. The van der Waals surface area contributed by atoms with Crippen LogP contribution in [0, 0.1) is 0 Å². The molecule has 0 aromatic heterocycles. The third kappa shape index (κ3) is 6.36. The molecule has 39 heavy (non-hydrogen) atoms. The molecule has 3 saturated heterocycles. The molecule has 3 aliphatic rings. The van der Waals surface area contributed by atoms with E-state index in [2.05, 4.69) is 10.9 Å². The molecule has 3 aliphatic heterocycles. The molecule has 0 bridgehead atoms. The van der Waals surface area contributed by atoms with Crippen molar-refractivity contribution >= 4 is 23.8 Å². The van der Waals surface area contributed by atoms with Crippen LogP contribution in [0.25, 0.3) is 0 Å². The van der Waals surface area contributed by atoms with Crippen LogP contribution in [0.1, 0.15) is 36.8 Å². The van der Waals surface area contributed by atoms with Gasteiger partial charge >= 0.3 is 12.0 Å². The average molecular weight is 538 g/mol. The maximum Gasteiger partial charge on any atom is 0.355 e. The maximum absolute atomic E-state index is 13.5. The van der Waals surface area contributed by atoms with Crippen molar-refractivity contribution in [2.75, 3.05) is 13.1 Å². The topological polar surface area (TPSA) is 130 Å². The Morgan fingerprint density at radius 3 is 2.36 bits per heavy atom. The third-order valence-corrected chi connectivity index (χ3v) is 6.77. The first-order chi connectivity index (χ1) is 19.0. The van der Waals surface area contributed by atoms with E-state index in [1.807, 2.05) is 60.7 Å². The largest absolute Gasteiger partial charge is 0.433 e. The van der Waals surface area contributed by atoms with Gasteiger partial charge in [0.2, 0.25) is 18.1 Å². The zero-order chi connectivity index (χ0) is 27.2. The lowest BCUT2D eigenvalue weighted by atomic mass is 10.1. The minimum absolute atomic E-state index is 0.0600. The highest BCUT2D eigenvalue weighted by Gasteiger charge is 2.45. The van der Waals surface area contributed by atoms with Crippen molar-refractivity contribution in [2.24, 2.45) is 0 Å². The molecule has 2 N–H and O–H groups in total. The number of nitrogens with zero attached hydrogens (tertiary/aromatic N) is 3. The number of benzene rings is 2. The minimum Gasteiger partial charge on any atom is -0.433 e. The number of carbonyl (C=O) groups is 4. The summed E-state index contributed by atoms with van der Waals surface area (Å²) in [5.74, 6) is -1.25. The predicted octanol–water partition coefficient (Wildman–Crippen LogP) is 1.63. The van der Waals surface area contributed by atoms with Crippen molar-refractivity contribution in [2.45, 2.75) is 57.3 Å². The number of carbonyl (C=O) groups excluding carboxylic acids is 4. The number of esters is 1. The van der Waals surface area contributed by atoms with Gasteiger partial charge in [-0.1, -0.05) is 60.7 Å². The molecular weight excluding hydrogens is 506 g/mol. The summed E-state index contributed by atoms with van der Waals surface area (Å²) in [4.78, 5) is 57.4. The van der Waals surface area contributed by atoms with E-state index in [0.717, 1.165) is 11.1 Å². The van der Waals surface area contributed by atoms with E-state index in [1.54, 1.807) is 0 Å². The number of nitrogens with one attached hydrogen (secondary N) is 2. The highest BCUT2D eigenvalue weighted by molar-refractivity contribution is 5.91. The summed E-state index contributed by atoms with van der Waals surface area (Å²) < 4.78 is 11.1. The number of rotatable bonds is 9. The molecule has 12 nitrogen and oxygen atoms in total. The van der Waals surface area contributed by atoms with Crippen molar-refractivity contribution in [3.8, 4) is 0 Å². The normalized spacial score (nSPS) is 23.3. The number of urea groups is 1. The van der Waals surface area contributed by atoms with Gasteiger partial charge in [0.15, 0.2) is 0 Å². The van der Waals surface area contributed by atoms with Gasteiger partial charge in [0.05, 0.1) is 26.2 Å². The molecule has 206 valence electrons. The number of fused-ring (bicyclic) bond motifs is 1. The first-order valence-electron chi connectivity index (χ1n) is 13.0. The van der Waals surface area contributed by atoms with Gasteiger partial charge in [-0.15, -0.1) is 5.59 Å². The number of cyclic esters (lactones) is 1. The van der Waals surface area contributed by atoms with Crippen LogP contribution in [0.15, 0.2) is 60.7 Å². The minimum atomic E-state index is -0.965. The first-order valence-corrected chi connectivity index (χ1v) is 13.0. The summed E-state index contributed by atoms with van der Waals surface area (Å²) in [7, 11) is 0. The molecule has 5 rings (SSSR count). The Morgan fingerprint density at radius 2 is 1.64 bits per heavy atom. The number of hydrogen-bond acceptors (Lipinski definition) is 8.